The summed E-state index contributed by atoms with van der Waals surface area (Å²) in [4.78, 5) is 37.6. The first-order valence-corrected chi connectivity index (χ1v) is 9.92. The minimum atomic E-state index is -0.136. The van der Waals surface area contributed by atoms with Gasteiger partial charge in [0.25, 0.3) is 5.91 Å². The summed E-state index contributed by atoms with van der Waals surface area (Å²) in [6.45, 7) is 0.260. The van der Waals surface area contributed by atoms with Crippen molar-refractivity contribution in [1.29, 1.82) is 0 Å². The van der Waals surface area contributed by atoms with Gasteiger partial charge in [0.05, 0.1) is 19.7 Å². The first kappa shape index (κ1) is 19.2. The second-order valence-electron chi connectivity index (χ2n) is 7.63. The zero-order valence-electron chi connectivity index (χ0n) is 16.4. The van der Waals surface area contributed by atoms with Gasteiger partial charge in [0.1, 0.15) is 5.75 Å². The van der Waals surface area contributed by atoms with Gasteiger partial charge in [-0.1, -0.05) is 24.3 Å². The Kier molecular flexibility index (Phi) is 5.34. The largest absolute Gasteiger partial charge is 0.497 e. The fourth-order valence-corrected chi connectivity index (χ4v) is 3.68. The molecule has 0 radical (unpaired) electrons. The first-order chi connectivity index (χ1) is 14.0. The number of nitrogens with zero attached hydrogens (tertiary/aromatic N) is 1. The Balaban J connectivity index is 1.43. The normalized spacial score (nSPS) is 17.3. The molecule has 3 amide bonds. The van der Waals surface area contributed by atoms with E-state index in [4.69, 9.17) is 4.74 Å². The number of rotatable bonds is 7. The van der Waals surface area contributed by atoms with E-state index >= 15 is 0 Å². The Morgan fingerprint density at radius 3 is 2.21 bits per heavy atom. The van der Waals surface area contributed by atoms with Gasteiger partial charge >= 0.3 is 0 Å². The van der Waals surface area contributed by atoms with Crippen LogP contribution in [-0.2, 0) is 16.1 Å². The number of carbonyl (C=O) groups excluding carboxylic acids is 3. The van der Waals surface area contributed by atoms with Crippen molar-refractivity contribution in [3.8, 4) is 5.75 Å². The number of methoxy groups -OCH3 is 1. The van der Waals surface area contributed by atoms with Gasteiger partial charge in [0, 0.05) is 18.4 Å². The van der Waals surface area contributed by atoms with Crippen molar-refractivity contribution in [1.82, 2.24) is 10.2 Å². The van der Waals surface area contributed by atoms with Gasteiger partial charge in [-0.3, -0.25) is 19.3 Å². The summed E-state index contributed by atoms with van der Waals surface area (Å²) in [6.07, 6.45) is 2.78. The topological polar surface area (TPSA) is 75.7 Å². The maximum atomic E-state index is 12.8. The molecule has 2 aromatic rings. The van der Waals surface area contributed by atoms with Gasteiger partial charge in [0.15, 0.2) is 0 Å². The summed E-state index contributed by atoms with van der Waals surface area (Å²) >= 11 is 0. The molecule has 1 saturated heterocycles. The van der Waals surface area contributed by atoms with Crippen LogP contribution in [0, 0.1) is 5.92 Å². The highest BCUT2D eigenvalue weighted by Crippen LogP contribution is 2.41. The number of hydrogen-bond acceptors (Lipinski definition) is 4. The predicted molar refractivity (Wildman–Crippen MR) is 107 cm³/mol. The smallest absolute Gasteiger partial charge is 0.251 e. The molecule has 150 valence electrons. The summed E-state index contributed by atoms with van der Waals surface area (Å²) in [7, 11) is 1.63. The molecule has 0 aromatic heterocycles. The summed E-state index contributed by atoms with van der Waals surface area (Å²) in [5.41, 5.74) is 2.47. The van der Waals surface area contributed by atoms with Gasteiger partial charge in [0.2, 0.25) is 11.8 Å². The molecule has 1 unspecified atom stereocenters. The first-order valence-electron chi connectivity index (χ1n) is 9.92. The Labute approximate surface area is 169 Å². The predicted octanol–water partition coefficient (Wildman–Crippen LogP) is 3.23. The molecular weight excluding hydrogens is 368 g/mol. The van der Waals surface area contributed by atoms with Crippen LogP contribution in [0.15, 0.2) is 48.5 Å². The lowest BCUT2D eigenvalue weighted by Gasteiger charge is -2.19. The van der Waals surface area contributed by atoms with Crippen LogP contribution in [0.5, 0.6) is 5.75 Å². The van der Waals surface area contributed by atoms with E-state index in [9.17, 15) is 14.4 Å². The quantitative estimate of drug-likeness (QED) is 0.734. The van der Waals surface area contributed by atoms with Crippen LogP contribution in [0.2, 0.25) is 0 Å². The molecule has 4 rings (SSSR count). The minimum Gasteiger partial charge on any atom is -0.497 e. The maximum Gasteiger partial charge on any atom is 0.251 e. The van der Waals surface area contributed by atoms with E-state index in [0.717, 1.165) is 29.7 Å². The molecule has 0 bridgehead atoms. The SMILES string of the molecule is COc1ccc(C(NC(=O)c2ccc(CN3C(=O)CCC3=O)cc2)C2CC2)cc1. The molecule has 6 heteroatoms. The van der Waals surface area contributed by atoms with Gasteiger partial charge in [-0.25, -0.2) is 0 Å². The molecular formula is C23H24N2O4. The second kappa shape index (κ2) is 8.07. The Morgan fingerprint density at radius 2 is 1.66 bits per heavy atom. The molecule has 1 saturated carbocycles. The van der Waals surface area contributed by atoms with Crippen LogP contribution in [0.1, 0.15) is 53.2 Å². The third-order valence-corrected chi connectivity index (χ3v) is 5.57. The third kappa shape index (κ3) is 4.31. The molecule has 1 heterocycles. The molecule has 2 aliphatic rings. The maximum absolute atomic E-state index is 12.8. The lowest BCUT2D eigenvalue weighted by atomic mass is 10.0. The minimum absolute atomic E-state index is 0.0204. The summed E-state index contributed by atoms with van der Waals surface area (Å²) in [5.74, 6) is 0.851. The number of carbonyl (C=O) groups is 3. The van der Waals surface area contributed by atoms with E-state index in [1.807, 2.05) is 24.3 Å². The van der Waals surface area contributed by atoms with E-state index in [-0.39, 0.29) is 43.1 Å². The highest BCUT2D eigenvalue weighted by Gasteiger charge is 2.33. The number of benzene rings is 2. The Bertz CT molecular complexity index is 901. The van der Waals surface area contributed by atoms with E-state index in [2.05, 4.69) is 5.32 Å². The zero-order valence-corrected chi connectivity index (χ0v) is 16.4. The summed E-state index contributed by atoms with van der Waals surface area (Å²) in [5, 5.41) is 3.16. The van der Waals surface area contributed by atoms with E-state index in [1.54, 1.807) is 31.4 Å². The molecule has 6 nitrogen and oxygen atoms in total. The van der Waals surface area contributed by atoms with Crippen molar-refractivity contribution in [2.24, 2.45) is 5.92 Å². The molecule has 0 spiro atoms. The van der Waals surface area contributed by atoms with Crippen LogP contribution in [-0.4, -0.2) is 29.7 Å². The van der Waals surface area contributed by atoms with E-state index in [1.165, 1.54) is 4.90 Å². The lowest BCUT2D eigenvalue weighted by molar-refractivity contribution is -0.139. The van der Waals surface area contributed by atoms with Gasteiger partial charge in [-0.2, -0.15) is 0 Å². The molecule has 1 N–H and O–H groups in total. The van der Waals surface area contributed by atoms with Crippen molar-refractivity contribution in [2.45, 2.75) is 38.3 Å². The molecule has 2 fully saturated rings. The third-order valence-electron chi connectivity index (χ3n) is 5.57. The van der Waals surface area contributed by atoms with E-state index in [0.29, 0.717) is 11.5 Å². The van der Waals surface area contributed by atoms with Crippen LogP contribution >= 0.6 is 0 Å². The lowest BCUT2D eigenvalue weighted by Crippen LogP contribution is -2.30. The second-order valence-corrected chi connectivity index (χ2v) is 7.63. The Morgan fingerprint density at radius 1 is 1.03 bits per heavy atom. The molecule has 1 atom stereocenters. The standard InChI is InChI=1S/C23H24N2O4/c1-29-19-10-8-17(9-11-19)22(16-6-7-16)24-23(28)18-4-2-15(3-5-18)14-25-20(26)12-13-21(25)27/h2-5,8-11,16,22H,6-7,12-14H2,1H3,(H,24,28). The van der Waals surface area contributed by atoms with Crippen molar-refractivity contribution >= 4 is 17.7 Å². The average molecular weight is 392 g/mol. The number of amides is 3. The molecule has 29 heavy (non-hydrogen) atoms. The van der Waals surface area contributed by atoms with Crippen LogP contribution in [0.3, 0.4) is 0 Å². The summed E-state index contributed by atoms with van der Waals surface area (Å²) < 4.78 is 5.21. The highest BCUT2D eigenvalue weighted by molar-refractivity contribution is 6.01. The van der Waals surface area contributed by atoms with Crippen molar-refractivity contribution in [3.63, 3.8) is 0 Å². The molecule has 2 aromatic carbocycles. The molecule has 1 aliphatic heterocycles. The van der Waals surface area contributed by atoms with Gasteiger partial charge in [-0.15, -0.1) is 0 Å². The zero-order chi connectivity index (χ0) is 20.4. The highest BCUT2D eigenvalue weighted by atomic mass is 16.5. The number of imide groups is 1. The van der Waals surface area contributed by atoms with Gasteiger partial charge in [-0.05, 0) is 54.2 Å². The monoisotopic (exact) mass is 392 g/mol. The van der Waals surface area contributed by atoms with E-state index < -0.39 is 0 Å². The van der Waals surface area contributed by atoms with Crippen LogP contribution < -0.4 is 10.1 Å². The molecule has 1 aliphatic carbocycles. The van der Waals surface area contributed by atoms with Crippen molar-refractivity contribution < 1.29 is 19.1 Å². The number of hydrogen-bond donors (Lipinski definition) is 1. The average Bonchev–Trinajstić information content (AvgIpc) is 3.54. The fourth-order valence-electron chi connectivity index (χ4n) is 3.68. The number of nitrogens with one attached hydrogen (secondary N) is 1. The summed E-state index contributed by atoms with van der Waals surface area (Å²) in [6, 6.07) is 14.9. The van der Waals surface area contributed by atoms with Gasteiger partial charge < -0.3 is 10.1 Å². The fraction of sp³-hybridized carbons (Fsp3) is 0.348. The van der Waals surface area contributed by atoms with Crippen molar-refractivity contribution in [2.75, 3.05) is 7.11 Å². The number of likely N-dealkylation sites (tertiary alicyclic amines) is 1. The van der Waals surface area contributed by atoms with Crippen LogP contribution in [0.25, 0.3) is 0 Å². The number of ether oxygens (including phenoxy) is 1. The van der Waals surface area contributed by atoms with Crippen LogP contribution in [0.4, 0.5) is 0 Å². The Hall–Kier alpha value is -3.15. The van der Waals surface area contributed by atoms with Crippen molar-refractivity contribution in [3.05, 3.63) is 65.2 Å².